The average molecular weight is 398 g/mol. The van der Waals surface area contributed by atoms with Crippen molar-refractivity contribution in [2.75, 3.05) is 0 Å². The fourth-order valence-electron chi connectivity index (χ4n) is 2.88. The second-order valence-electron chi connectivity index (χ2n) is 8.23. The summed E-state index contributed by atoms with van der Waals surface area (Å²) in [5.41, 5.74) is 9.98. The van der Waals surface area contributed by atoms with Gasteiger partial charge in [-0.3, -0.25) is 5.41 Å². The maximum absolute atomic E-state index is 10.3. The van der Waals surface area contributed by atoms with E-state index in [1.165, 1.54) is 11.8 Å². The molecule has 0 spiro atoms. The molecule has 6 heteroatoms. The summed E-state index contributed by atoms with van der Waals surface area (Å²) >= 11 is 1.36. The van der Waals surface area contributed by atoms with Crippen LogP contribution in [0.1, 0.15) is 55.3 Å². The minimum Gasteiger partial charge on any atom is -0.427 e. The fourth-order valence-corrected chi connectivity index (χ4v) is 3.90. The Morgan fingerprint density at radius 3 is 2.14 bits per heavy atom. The molecule has 4 N–H and O–H groups in total. The van der Waals surface area contributed by atoms with E-state index in [1.54, 1.807) is 13.8 Å². The molecule has 0 bridgehead atoms. The van der Waals surface area contributed by atoms with Crippen molar-refractivity contribution in [3.05, 3.63) is 64.7 Å². The number of aliphatic hydroxyl groups is 1. The molecule has 0 saturated heterocycles. The van der Waals surface area contributed by atoms with Gasteiger partial charge in [0.1, 0.15) is 0 Å². The van der Waals surface area contributed by atoms with E-state index in [4.69, 9.17) is 15.8 Å². The molecule has 2 aromatic rings. The van der Waals surface area contributed by atoms with Crippen molar-refractivity contribution in [3.8, 4) is 0 Å². The summed E-state index contributed by atoms with van der Waals surface area (Å²) < 4.78 is 5.99. The Kier molecular flexibility index (Phi) is 7.15. The van der Waals surface area contributed by atoms with Gasteiger partial charge in [0.25, 0.3) is 0 Å². The molecule has 1 atom stereocenters. The first-order valence-corrected chi connectivity index (χ1v) is 10.3. The molecule has 0 radical (unpaired) electrons. The van der Waals surface area contributed by atoms with Crippen LogP contribution in [0.5, 0.6) is 0 Å². The highest BCUT2D eigenvalue weighted by Gasteiger charge is 2.35. The molecule has 2 aromatic carbocycles. The SMILES string of the molecule is Cc1cc(BOC(C)(C)C(C)(C)O)cc(C)c1C(N)SC(=N)c1ccccc1. The number of thioether (sulfide) groups is 1. The van der Waals surface area contributed by atoms with Crippen LogP contribution in [0.4, 0.5) is 0 Å². The monoisotopic (exact) mass is 398 g/mol. The van der Waals surface area contributed by atoms with Crippen molar-refractivity contribution in [1.82, 2.24) is 0 Å². The largest absolute Gasteiger partial charge is 0.427 e. The van der Waals surface area contributed by atoms with Crippen molar-refractivity contribution in [2.45, 2.75) is 58.1 Å². The molecule has 4 nitrogen and oxygen atoms in total. The molecule has 0 saturated carbocycles. The van der Waals surface area contributed by atoms with Gasteiger partial charge in [-0.2, -0.15) is 0 Å². The van der Waals surface area contributed by atoms with E-state index in [2.05, 4.69) is 12.1 Å². The van der Waals surface area contributed by atoms with Crippen LogP contribution in [0.2, 0.25) is 0 Å². The van der Waals surface area contributed by atoms with E-state index in [1.807, 2.05) is 58.0 Å². The first-order valence-electron chi connectivity index (χ1n) is 9.45. The lowest BCUT2D eigenvalue weighted by Crippen LogP contribution is -2.49. The van der Waals surface area contributed by atoms with Crippen molar-refractivity contribution in [1.29, 1.82) is 5.41 Å². The summed E-state index contributed by atoms with van der Waals surface area (Å²) in [6.07, 6.45) is 0. The lowest BCUT2D eigenvalue weighted by atomic mass is 9.80. The van der Waals surface area contributed by atoms with Gasteiger partial charge in [0, 0.05) is 5.56 Å². The van der Waals surface area contributed by atoms with Crippen LogP contribution in [-0.4, -0.2) is 28.8 Å². The first kappa shape index (κ1) is 22.7. The van der Waals surface area contributed by atoms with Crippen LogP contribution in [0.15, 0.2) is 42.5 Å². The molecule has 0 fully saturated rings. The zero-order valence-corrected chi connectivity index (χ0v) is 18.5. The highest BCUT2D eigenvalue weighted by Crippen LogP contribution is 2.31. The van der Waals surface area contributed by atoms with Gasteiger partial charge in [-0.15, -0.1) is 0 Å². The summed E-state index contributed by atoms with van der Waals surface area (Å²) in [6.45, 7) is 11.4. The first-order chi connectivity index (χ1) is 12.9. The molecule has 0 aliphatic carbocycles. The van der Waals surface area contributed by atoms with E-state index in [0.717, 1.165) is 27.7 Å². The van der Waals surface area contributed by atoms with E-state index >= 15 is 0 Å². The number of aryl methyl sites for hydroxylation is 2. The zero-order valence-electron chi connectivity index (χ0n) is 17.7. The summed E-state index contributed by atoms with van der Waals surface area (Å²) in [7, 11) is 0.418. The highest BCUT2D eigenvalue weighted by molar-refractivity contribution is 8.14. The van der Waals surface area contributed by atoms with Gasteiger partial charge in [-0.05, 0) is 58.2 Å². The number of hydrogen-bond donors (Lipinski definition) is 3. The molecule has 0 aromatic heterocycles. The molecular weight excluding hydrogens is 367 g/mol. The Morgan fingerprint density at radius 1 is 1.11 bits per heavy atom. The Morgan fingerprint density at radius 2 is 1.64 bits per heavy atom. The van der Waals surface area contributed by atoms with Gasteiger partial charge in [-0.1, -0.05) is 59.7 Å². The lowest BCUT2D eigenvalue weighted by molar-refractivity contribution is -0.0893. The summed E-state index contributed by atoms with van der Waals surface area (Å²) in [6, 6.07) is 13.8. The van der Waals surface area contributed by atoms with Crippen molar-refractivity contribution < 1.29 is 9.76 Å². The predicted octanol–water partition coefficient (Wildman–Crippen LogP) is 3.56. The van der Waals surface area contributed by atoms with Crippen molar-refractivity contribution in [2.24, 2.45) is 5.73 Å². The number of hydrogen-bond acceptors (Lipinski definition) is 5. The van der Waals surface area contributed by atoms with Gasteiger partial charge in [-0.25, -0.2) is 0 Å². The lowest BCUT2D eigenvalue weighted by Gasteiger charge is -2.37. The maximum Gasteiger partial charge on any atom is 0.309 e. The third-order valence-electron chi connectivity index (χ3n) is 5.29. The standard InChI is InChI=1S/C22H31BN2O2S/c1-14-12-17(23-27-22(5,6)21(3,4)26)13-15(2)18(14)20(25)28-19(24)16-10-8-7-9-11-16/h7-13,20,23-24,26H,25H2,1-6H3. The number of benzene rings is 2. The molecule has 2 rings (SSSR count). The fraction of sp³-hybridized carbons (Fsp3) is 0.409. The second-order valence-corrected chi connectivity index (χ2v) is 9.39. The molecule has 1 unspecified atom stereocenters. The Balaban J connectivity index is 2.14. The average Bonchev–Trinajstić information content (AvgIpc) is 2.59. The summed E-state index contributed by atoms with van der Waals surface area (Å²) in [5.74, 6) is 0. The Bertz CT molecular complexity index is 809. The Hall–Kier alpha value is -1.60. The van der Waals surface area contributed by atoms with Crippen LogP contribution < -0.4 is 11.2 Å². The van der Waals surface area contributed by atoms with Gasteiger partial charge in [0.15, 0.2) is 0 Å². The summed E-state index contributed by atoms with van der Waals surface area (Å²) in [4.78, 5) is 0. The molecule has 0 heterocycles. The highest BCUT2D eigenvalue weighted by atomic mass is 32.2. The minimum atomic E-state index is -0.937. The number of rotatable bonds is 7. The smallest absolute Gasteiger partial charge is 0.309 e. The Labute approximate surface area is 173 Å². The predicted molar refractivity (Wildman–Crippen MR) is 122 cm³/mol. The topological polar surface area (TPSA) is 79.3 Å². The number of nitrogens with one attached hydrogen (secondary N) is 1. The molecule has 28 heavy (non-hydrogen) atoms. The quantitative estimate of drug-likeness (QED) is 0.288. The third kappa shape index (κ3) is 5.48. The second kappa shape index (κ2) is 8.83. The maximum atomic E-state index is 10.3. The molecule has 0 aliphatic rings. The minimum absolute atomic E-state index is 0.310. The van der Waals surface area contributed by atoms with E-state index in [0.29, 0.717) is 12.5 Å². The van der Waals surface area contributed by atoms with Gasteiger partial charge >= 0.3 is 7.48 Å². The van der Waals surface area contributed by atoms with Gasteiger partial charge < -0.3 is 15.5 Å². The van der Waals surface area contributed by atoms with Crippen molar-refractivity contribution >= 4 is 29.8 Å². The third-order valence-corrected chi connectivity index (χ3v) is 6.25. The summed E-state index contributed by atoms with van der Waals surface area (Å²) in [5, 5.41) is 18.7. The normalized spacial score (nSPS) is 13.3. The van der Waals surface area contributed by atoms with E-state index in [9.17, 15) is 5.11 Å². The molecule has 150 valence electrons. The number of nitrogens with two attached hydrogens (primary N) is 1. The van der Waals surface area contributed by atoms with Crippen LogP contribution in [0.3, 0.4) is 0 Å². The van der Waals surface area contributed by atoms with Gasteiger partial charge in [0.2, 0.25) is 0 Å². The van der Waals surface area contributed by atoms with Crippen molar-refractivity contribution in [3.63, 3.8) is 0 Å². The molecule has 0 amide bonds. The van der Waals surface area contributed by atoms with Crippen LogP contribution in [0.25, 0.3) is 0 Å². The van der Waals surface area contributed by atoms with E-state index in [-0.39, 0.29) is 5.37 Å². The van der Waals surface area contributed by atoms with Gasteiger partial charge in [0.05, 0.1) is 21.6 Å². The molecular formula is C22H31BN2O2S. The van der Waals surface area contributed by atoms with Crippen LogP contribution >= 0.6 is 11.8 Å². The zero-order chi connectivity index (χ0) is 21.1. The van der Waals surface area contributed by atoms with Crippen LogP contribution in [-0.2, 0) is 4.65 Å². The van der Waals surface area contributed by atoms with Crippen LogP contribution in [0, 0.1) is 19.3 Å². The van der Waals surface area contributed by atoms with E-state index < -0.39 is 11.2 Å². The molecule has 0 aliphatic heterocycles.